The second kappa shape index (κ2) is 7.70. The van der Waals surface area contributed by atoms with Gasteiger partial charge in [-0.15, -0.1) is 0 Å². The van der Waals surface area contributed by atoms with Gasteiger partial charge in [-0.2, -0.15) is 5.26 Å². The van der Waals surface area contributed by atoms with E-state index in [1.54, 1.807) is 51.1 Å². The van der Waals surface area contributed by atoms with Gasteiger partial charge in [0.25, 0.3) is 0 Å². The molecular weight excluding hydrogens is 370 g/mol. The van der Waals surface area contributed by atoms with Crippen molar-refractivity contribution < 1.29 is 19.5 Å². The third-order valence-corrected chi connectivity index (χ3v) is 5.57. The molecule has 1 saturated heterocycles. The summed E-state index contributed by atoms with van der Waals surface area (Å²) >= 11 is 0. The van der Waals surface area contributed by atoms with E-state index in [-0.39, 0.29) is 18.4 Å². The molecule has 0 bridgehead atoms. The predicted octanol–water partition coefficient (Wildman–Crippen LogP) is 2.81. The van der Waals surface area contributed by atoms with E-state index < -0.39 is 29.5 Å². The lowest BCUT2D eigenvalue weighted by Crippen LogP contribution is -2.55. The van der Waals surface area contributed by atoms with Crippen LogP contribution >= 0.6 is 0 Å². The number of carbonyl (C=O) groups excluding carboxylic acids is 2. The quantitative estimate of drug-likeness (QED) is 0.624. The van der Waals surface area contributed by atoms with Gasteiger partial charge in [0.2, 0.25) is 11.8 Å². The number of carboxylic acid groups (broad SMARTS) is 1. The van der Waals surface area contributed by atoms with Crippen molar-refractivity contribution >= 4 is 17.9 Å². The third kappa shape index (κ3) is 3.88. The number of rotatable bonds is 4. The smallest absolute Gasteiger partial charge is 0.408 e. The van der Waals surface area contributed by atoms with Crippen LogP contribution in [0.3, 0.4) is 0 Å². The zero-order valence-corrected chi connectivity index (χ0v) is 16.8. The van der Waals surface area contributed by atoms with E-state index in [0.29, 0.717) is 18.4 Å². The van der Waals surface area contributed by atoms with Crippen molar-refractivity contribution in [2.45, 2.75) is 45.2 Å². The van der Waals surface area contributed by atoms with Crippen LogP contribution in [0.15, 0.2) is 36.4 Å². The molecule has 0 saturated carbocycles. The lowest BCUT2D eigenvalue weighted by Gasteiger charge is -2.42. The molecule has 1 aromatic carbocycles. The van der Waals surface area contributed by atoms with Crippen LogP contribution in [-0.2, 0) is 16.0 Å². The van der Waals surface area contributed by atoms with Gasteiger partial charge in [-0.3, -0.25) is 19.4 Å². The van der Waals surface area contributed by atoms with Gasteiger partial charge < -0.3 is 5.11 Å². The molecule has 1 heterocycles. The Hall–Kier alpha value is -3.14. The van der Waals surface area contributed by atoms with Gasteiger partial charge in [0.15, 0.2) is 0 Å². The summed E-state index contributed by atoms with van der Waals surface area (Å²) in [4.78, 5) is 40.6. The zero-order valence-electron chi connectivity index (χ0n) is 16.8. The summed E-state index contributed by atoms with van der Waals surface area (Å²) in [6, 6.07) is 8.48. The number of allylic oxidation sites excluding steroid dienone is 1. The summed E-state index contributed by atoms with van der Waals surface area (Å²) in [5, 5.41) is 18.8. The van der Waals surface area contributed by atoms with Crippen molar-refractivity contribution in [2.24, 2.45) is 11.8 Å². The molecule has 3 unspecified atom stereocenters. The van der Waals surface area contributed by atoms with E-state index in [1.165, 1.54) is 9.80 Å². The van der Waals surface area contributed by atoms with Gasteiger partial charge in [0, 0.05) is 12.1 Å². The van der Waals surface area contributed by atoms with Gasteiger partial charge in [0.1, 0.15) is 0 Å². The first-order valence-electron chi connectivity index (χ1n) is 9.68. The monoisotopic (exact) mass is 395 g/mol. The fourth-order valence-electron chi connectivity index (χ4n) is 4.30. The van der Waals surface area contributed by atoms with Crippen LogP contribution in [-0.4, -0.2) is 50.9 Å². The Kier molecular flexibility index (Phi) is 5.47. The highest BCUT2D eigenvalue weighted by Gasteiger charge is 2.54. The van der Waals surface area contributed by atoms with E-state index in [0.717, 1.165) is 5.56 Å². The van der Waals surface area contributed by atoms with Crippen LogP contribution in [0.2, 0.25) is 0 Å². The maximum absolute atomic E-state index is 13.2. The molecule has 29 heavy (non-hydrogen) atoms. The number of nitriles is 1. The number of hydrogen-bond acceptors (Lipinski definition) is 4. The van der Waals surface area contributed by atoms with Crippen LogP contribution < -0.4 is 0 Å². The van der Waals surface area contributed by atoms with E-state index >= 15 is 0 Å². The molecule has 7 nitrogen and oxygen atoms in total. The maximum Gasteiger partial charge on any atom is 0.408 e. The largest absolute Gasteiger partial charge is 0.465 e. The van der Waals surface area contributed by atoms with E-state index in [9.17, 15) is 19.5 Å². The molecule has 0 spiro atoms. The molecule has 7 heteroatoms. The van der Waals surface area contributed by atoms with Crippen molar-refractivity contribution in [1.82, 2.24) is 9.80 Å². The summed E-state index contributed by atoms with van der Waals surface area (Å²) in [6.07, 6.45) is 3.32. The van der Waals surface area contributed by atoms with Crippen LogP contribution in [0.25, 0.3) is 0 Å². The van der Waals surface area contributed by atoms with Crippen molar-refractivity contribution in [3.63, 3.8) is 0 Å². The molecule has 0 radical (unpaired) electrons. The predicted molar refractivity (Wildman–Crippen MR) is 106 cm³/mol. The van der Waals surface area contributed by atoms with Crippen molar-refractivity contribution in [1.29, 1.82) is 5.26 Å². The highest BCUT2D eigenvalue weighted by atomic mass is 16.4. The van der Waals surface area contributed by atoms with Gasteiger partial charge in [-0.1, -0.05) is 24.3 Å². The van der Waals surface area contributed by atoms with E-state index in [2.05, 4.69) is 6.07 Å². The highest BCUT2D eigenvalue weighted by Crippen LogP contribution is 2.39. The van der Waals surface area contributed by atoms with Crippen LogP contribution in [0.4, 0.5) is 4.79 Å². The Bertz CT molecular complexity index is 909. The molecule has 3 amide bonds. The number of hydrogen-bond donors (Lipinski definition) is 1. The molecule has 1 aliphatic carbocycles. The fourth-order valence-corrected chi connectivity index (χ4v) is 4.30. The van der Waals surface area contributed by atoms with Gasteiger partial charge in [-0.25, -0.2) is 4.79 Å². The van der Waals surface area contributed by atoms with Gasteiger partial charge in [0.05, 0.1) is 29.5 Å². The number of nitrogens with zero attached hydrogens (tertiary/aromatic N) is 3. The van der Waals surface area contributed by atoms with Gasteiger partial charge in [-0.05, 0) is 51.3 Å². The third-order valence-electron chi connectivity index (χ3n) is 5.57. The minimum absolute atomic E-state index is 0.217. The fraction of sp³-hybridized carbons (Fsp3) is 0.455. The zero-order chi connectivity index (χ0) is 21.3. The van der Waals surface area contributed by atoms with Crippen LogP contribution in [0, 0.1) is 23.2 Å². The first-order chi connectivity index (χ1) is 13.6. The molecule has 1 N–H and O–H groups in total. The summed E-state index contributed by atoms with van der Waals surface area (Å²) in [7, 11) is 0. The van der Waals surface area contributed by atoms with E-state index in [1.807, 2.05) is 6.07 Å². The number of carbonyl (C=O) groups is 3. The molecule has 1 aromatic rings. The Morgan fingerprint density at radius 3 is 2.66 bits per heavy atom. The lowest BCUT2D eigenvalue weighted by atomic mass is 9.79. The highest BCUT2D eigenvalue weighted by molar-refractivity contribution is 6.06. The Morgan fingerprint density at radius 2 is 2.03 bits per heavy atom. The second-order valence-corrected chi connectivity index (χ2v) is 8.50. The molecule has 152 valence electrons. The number of likely N-dealkylation sites (tertiary alicyclic amines) is 1. The minimum Gasteiger partial charge on any atom is -0.465 e. The normalized spacial score (nSPS) is 23.7. The number of amides is 3. The number of imide groups is 1. The molecule has 2 aliphatic rings. The first-order valence-corrected chi connectivity index (χ1v) is 9.68. The Balaban J connectivity index is 1.83. The summed E-state index contributed by atoms with van der Waals surface area (Å²) in [5.41, 5.74) is 0.690. The summed E-state index contributed by atoms with van der Waals surface area (Å²) < 4.78 is 0. The van der Waals surface area contributed by atoms with Crippen LogP contribution in [0.5, 0.6) is 0 Å². The summed E-state index contributed by atoms with van der Waals surface area (Å²) in [5.74, 6) is -1.80. The average Bonchev–Trinajstić information content (AvgIpc) is 2.90. The van der Waals surface area contributed by atoms with Crippen molar-refractivity contribution in [3.8, 4) is 6.07 Å². The minimum atomic E-state index is -1.11. The topological polar surface area (TPSA) is 102 Å². The maximum atomic E-state index is 13.2. The number of benzene rings is 1. The molecule has 3 rings (SSSR count). The molecule has 1 aliphatic heterocycles. The average molecular weight is 395 g/mol. The summed E-state index contributed by atoms with van der Waals surface area (Å²) in [6.45, 7) is 5.55. The number of fused-ring (bicyclic) bond motifs is 1. The molecule has 3 atom stereocenters. The van der Waals surface area contributed by atoms with E-state index in [4.69, 9.17) is 5.26 Å². The Morgan fingerprint density at radius 1 is 1.31 bits per heavy atom. The van der Waals surface area contributed by atoms with Crippen molar-refractivity contribution in [2.75, 3.05) is 6.54 Å². The Labute approximate surface area is 170 Å². The lowest BCUT2D eigenvalue weighted by molar-refractivity contribution is -0.140. The van der Waals surface area contributed by atoms with Gasteiger partial charge >= 0.3 is 6.09 Å². The first kappa shape index (κ1) is 20.6. The van der Waals surface area contributed by atoms with Crippen LogP contribution in [0.1, 0.15) is 38.3 Å². The standard InChI is InChI=1S/C22H25N3O4/c1-22(2,3)25(21(28)29)17-9-5-8-16-18(17)20(27)24(19(16)26)11-10-14-6-4-7-15(12-14)13-23/h4-7,9,12,16-18H,8,10-11H2,1-3H3,(H,28,29). The van der Waals surface area contributed by atoms with Crippen molar-refractivity contribution in [3.05, 3.63) is 47.5 Å². The molecular formula is C22H25N3O4. The molecule has 0 aromatic heterocycles. The molecule has 1 fully saturated rings. The SMILES string of the molecule is CC(C)(C)N(C(=O)O)C1C=CCC2C(=O)N(CCc3cccc(C#N)c3)C(=O)C21. The second-order valence-electron chi connectivity index (χ2n) is 8.50.